The summed E-state index contributed by atoms with van der Waals surface area (Å²) in [5.74, 6) is 0.491. The highest BCUT2D eigenvalue weighted by atomic mass is 79.9. The van der Waals surface area contributed by atoms with Gasteiger partial charge in [0.25, 0.3) is 0 Å². The lowest BCUT2D eigenvalue weighted by Crippen LogP contribution is -2.26. The van der Waals surface area contributed by atoms with Crippen molar-refractivity contribution >= 4 is 27.5 Å². The van der Waals surface area contributed by atoms with E-state index in [0.29, 0.717) is 5.92 Å². The number of anilines is 1. The molecule has 114 valence electrons. The predicted octanol–water partition coefficient (Wildman–Crippen LogP) is 5.36. The molecule has 1 atom stereocenters. The van der Waals surface area contributed by atoms with Crippen molar-refractivity contribution in [2.75, 3.05) is 5.32 Å². The van der Waals surface area contributed by atoms with Gasteiger partial charge in [-0.2, -0.15) is 0 Å². The van der Waals surface area contributed by atoms with Crippen LogP contribution in [0.2, 0.25) is 0 Å². The third-order valence-electron chi connectivity index (χ3n) is 4.44. The summed E-state index contributed by atoms with van der Waals surface area (Å²) >= 11 is 3.50. The Morgan fingerprint density at radius 2 is 1.64 bits per heavy atom. The maximum atomic E-state index is 12.9. The summed E-state index contributed by atoms with van der Waals surface area (Å²) in [7, 11) is 0. The molecule has 0 radical (unpaired) electrons. The Morgan fingerprint density at radius 1 is 1.00 bits per heavy atom. The van der Waals surface area contributed by atoms with Crippen molar-refractivity contribution in [3.8, 4) is 0 Å². The fraction of sp³-hybridized carbons (Fsp3) is 0.316. The van der Waals surface area contributed by atoms with Crippen LogP contribution in [0.3, 0.4) is 0 Å². The summed E-state index contributed by atoms with van der Waals surface area (Å²) in [6, 6.07) is 17.9. The first-order chi connectivity index (χ1) is 10.8. The Morgan fingerprint density at radius 3 is 2.32 bits per heavy atom. The molecule has 1 saturated carbocycles. The minimum absolute atomic E-state index is 0.0594. The molecule has 0 aliphatic heterocycles. The summed E-state index contributed by atoms with van der Waals surface area (Å²) in [5, 5.41) is 3.10. The van der Waals surface area contributed by atoms with Crippen LogP contribution in [0.5, 0.6) is 0 Å². The Balaban J connectivity index is 1.85. The highest BCUT2D eigenvalue weighted by Gasteiger charge is 2.32. The summed E-state index contributed by atoms with van der Waals surface area (Å²) in [6.07, 6.45) is 4.75. The molecule has 1 amide bonds. The van der Waals surface area contributed by atoms with Crippen LogP contribution in [0.25, 0.3) is 0 Å². The molecular weight excluding hydrogens is 338 g/mol. The average Bonchev–Trinajstić information content (AvgIpc) is 3.05. The largest absolute Gasteiger partial charge is 0.325 e. The standard InChI is InChI=1S/C19H20BrNO/c20-16-12-6-7-13-17(16)21-19(22)18(15-10-4-5-11-15)14-8-2-1-3-9-14/h1-3,6-9,12-13,15,18H,4-5,10-11H2,(H,21,22)/t18-/m0/s1. The van der Waals surface area contributed by atoms with Crippen molar-refractivity contribution in [1.82, 2.24) is 0 Å². The van der Waals surface area contributed by atoms with Crippen LogP contribution in [0.15, 0.2) is 59.1 Å². The molecule has 22 heavy (non-hydrogen) atoms. The van der Waals surface area contributed by atoms with Crippen molar-refractivity contribution < 1.29 is 4.79 Å². The molecule has 2 aromatic rings. The number of rotatable bonds is 4. The van der Waals surface area contributed by atoms with Crippen LogP contribution >= 0.6 is 15.9 Å². The van der Waals surface area contributed by atoms with Crippen molar-refractivity contribution in [1.29, 1.82) is 0 Å². The minimum Gasteiger partial charge on any atom is -0.325 e. The monoisotopic (exact) mass is 357 g/mol. The molecule has 1 aliphatic rings. The molecule has 0 heterocycles. The van der Waals surface area contributed by atoms with E-state index in [0.717, 1.165) is 28.6 Å². The molecule has 0 saturated heterocycles. The van der Waals surface area contributed by atoms with Gasteiger partial charge in [0.15, 0.2) is 0 Å². The zero-order valence-corrected chi connectivity index (χ0v) is 14.1. The van der Waals surface area contributed by atoms with Crippen molar-refractivity contribution in [3.63, 3.8) is 0 Å². The zero-order chi connectivity index (χ0) is 15.4. The lowest BCUT2D eigenvalue weighted by Gasteiger charge is -2.23. The Bertz CT molecular complexity index is 635. The van der Waals surface area contributed by atoms with E-state index in [-0.39, 0.29) is 11.8 Å². The number of para-hydroxylation sites is 1. The zero-order valence-electron chi connectivity index (χ0n) is 12.5. The lowest BCUT2D eigenvalue weighted by molar-refractivity contribution is -0.118. The SMILES string of the molecule is O=C(Nc1ccccc1Br)[C@@H](c1ccccc1)C1CCCC1. The van der Waals surface area contributed by atoms with Crippen LogP contribution < -0.4 is 5.32 Å². The predicted molar refractivity (Wildman–Crippen MR) is 93.9 cm³/mol. The Kier molecular flexibility index (Phi) is 4.94. The first kappa shape index (κ1) is 15.3. The van der Waals surface area contributed by atoms with Gasteiger partial charge in [0.2, 0.25) is 5.91 Å². The van der Waals surface area contributed by atoms with Gasteiger partial charge in [-0.05, 0) is 52.4 Å². The van der Waals surface area contributed by atoms with Gasteiger partial charge in [-0.25, -0.2) is 0 Å². The highest BCUT2D eigenvalue weighted by molar-refractivity contribution is 9.10. The van der Waals surface area contributed by atoms with E-state index in [1.165, 1.54) is 12.8 Å². The van der Waals surface area contributed by atoms with Gasteiger partial charge in [-0.3, -0.25) is 4.79 Å². The third kappa shape index (κ3) is 3.41. The number of hydrogen-bond donors (Lipinski definition) is 1. The summed E-state index contributed by atoms with van der Waals surface area (Å²) in [4.78, 5) is 12.9. The number of carbonyl (C=O) groups is 1. The van der Waals surface area contributed by atoms with Crippen molar-refractivity contribution in [2.24, 2.45) is 5.92 Å². The van der Waals surface area contributed by atoms with Crippen LogP contribution in [-0.4, -0.2) is 5.91 Å². The van der Waals surface area contributed by atoms with Gasteiger partial charge in [0.1, 0.15) is 0 Å². The summed E-state index contributed by atoms with van der Waals surface area (Å²) in [5.41, 5.74) is 1.96. The molecule has 1 N–H and O–H groups in total. The number of carbonyl (C=O) groups excluding carboxylic acids is 1. The van der Waals surface area contributed by atoms with Crippen LogP contribution in [0.1, 0.15) is 37.2 Å². The molecule has 0 aromatic heterocycles. The molecule has 2 aromatic carbocycles. The Labute approximate surface area is 140 Å². The number of nitrogens with one attached hydrogen (secondary N) is 1. The fourth-order valence-corrected chi connectivity index (χ4v) is 3.75. The van der Waals surface area contributed by atoms with E-state index >= 15 is 0 Å². The second kappa shape index (κ2) is 7.10. The van der Waals surface area contributed by atoms with Gasteiger partial charge in [0, 0.05) is 4.47 Å². The van der Waals surface area contributed by atoms with Gasteiger partial charge < -0.3 is 5.32 Å². The number of benzene rings is 2. The van der Waals surface area contributed by atoms with Crippen molar-refractivity contribution in [3.05, 3.63) is 64.6 Å². The second-order valence-corrected chi connectivity index (χ2v) is 6.76. The van der Waals surface area contributed by atoms with E-state index in [4.69, 9.17) is 0 Å². The van der Waals surface area contributed by atoms with Crippen LogP contribution in [0, 0.1) is 5.92 Å². The molecule has 2 nitrogen and oxygen atoms in total. The van der Waals surface area contributed by atoms with Gasteiger partial charge in [-0.1, -0.05) is 55.3 Å². The lowest BCUT2D eigenvalue weighted by atomic mass is 9.84. The molecule has 3 heteroatoms. The van der Waals surface area contributed by atoms with Gasteiger partial charge in [-0.15, -0.1) is 0 Å². The first-order valence-corrected chi connectivity index (χ1v) is 8.65. The molecule has 1 fully saturated rings. The third-order valence-corrected chi connectivity index (χ3v) is 5.14. The van der Waals surface area contributed by atoms with E-state index < -0.39 is 0 Å². The van der Waals surface area contributed by atoms with E-state index in [2.05, 4.69) is 33.4 Å². The van der Waals surface area contributed by atoms with E-state index in [9.17, 15) is 4.79 Å². The van der Waals surface area contributed by atoms with Crippen LogP contribution in [-0.2, 0) is 4.79 Å². The first-order valence-electron chi connectivity index (χ1n) is 7.86. The Hall–Kier alpha value is -1.61. The normalized spacial score (nSPS) is 16.4. The number of amides is 1. The quantitative estimate of drug-likeness (QED) is 0.783. The van der Waals surface area contributed by atoms with Gasteiger partial charge >= 0.3 is 0 Å². The van der Waals surface area contributed by atoms with Crippen molar-refractivity contribution in [2.45, 2.75) is 31.6 Å². The smallest absolute Gasteiger partial charge is 0.232 e. The average molecular weight is 358 g/mol. The second-order valence-electron chi connectivity index (χ2n) is 5.90. The maximum absolute atomic E-state index is 12.9. The topological polar surface area (TPSA) is 29.1 Å². The molecule has 0 unspecified atom stereocenters. The molecule has 1 aliphatic carbocycles. The number of halogens is 1. The fourth-order valence-electron chi connectivity index (χ4n) is 3.36. The van der Waals surface area contributed by atoms with E-state index in [1.54, 1.807) is 0 Å². The maximum Gasteiger partial charge on any atom is 0.232 e. The molecular formula is C19H20BrNO. The number of hydrogen-bond acceptors (Lipinski definition) is 1. The van der Waals surface area contributed by atoms with Crippen LogP contribution in [0.4, 0.5) is 5.69 Å². The minimum atomic E-state index is -0.0594. The molecule has 3 rings (SSSR count). The van der Waals surface area contributed by atoms with E-state index in [1.807, 2.05) is 42.5 Å². The summed E-state index contributed by atoms with van der Waals surface area (Å²) in [6.45, 7) is 0. The summed E-state index contributed by atoms with van der Waals surface area (Å²) < 4.78 is 0.918. The van der Waals surface area contributed by atoms with Gasteiger partial charge in [0.05, 0.1) is 11.6 Å². The highest BCUT2D eigenvalue weighted by Crippen LogP contribution is 2.38. The molecule has 0 spiro atoms. The molecule has 0 bridgehead atoms.